The zero-order chi connectivity index (χ0) is 13.9. The van der Waals surface area contributed by atoms with E-state index >= 15 is 0 Å². The molecule has 2 rings (SSSR count). The number of urea groups is 1. The van der Waals surface area contributed by atoms with Crippen molar-refractivity contribution < 1.29 is 22.7 Å². The van der Waals surface area contributed by atoms with E-state index in [2.05, 4.69) is 4.90 Å². The van der Waals surface area contributed by atoms with Crippen LogP contribution in [0.25, 0.3) is 0 Å². The van der Waals surface area contributed by atoms with Crippen LogP contribution in [-0.2, 0) is 4.74 Å². The van der Waals surface area contributed by atoms with Gasteiger partial charge in [-0.1, -0.05) is 0 Å². The predicted molar refractivity (Wildman–Crippen MR) is 61.8 cm³/mol. The third-order valence-electron chi connectivity index (χ3n) is 3.45. The maximum Gasteiger partial charge on any atom is 0.405 e. The van der Waals surface area contributed by atoms with Gasteiger partial charge >= 0.3 is 12.2 Å². The monoisotopic (exact) mass is 281 g/mol. The average molecular weight is 281 g/mol. The van der Waals surface area contributed by atoms with Gasteiger partial charge in [0.05, 0.1) is 13.2 Å². The van der Waals surface area contributed by atoms with Crippen LogP contribution in [0.4, 0.5) is 18.0 Å². The van der Waals surface area contributed by atoms with Crippen molar-refractivity contribution in [1.82, 2.24) is 15.1 Å². The van der Waals surface area contributed by atoms with Crippen molar-refractivity contribution in [3.05, 3.63) is 0 Å². The molecule has 5 nitrogen and oxygen atoms in total. The van der Waals surface area contributed by atoms with Crippen LogP contribution in [0.3, 0.4) is 0 Å². The summed E-state index contributed by atoms with van der Waals surface area (Å²) in [6.45, 7) is 2.72. The lowest BCUT2D eigenvalue weighted by atomic mass is 10.2. The number of hydrogen-bond acceptors (Lipinski definition) is 3. The normalized spacial score (nSPS) is 25.6. The van der Waals surface area contributed by atoms with Gasteiger partial charge in [0, 0.05) is 32.2 Å². The molecular formula is C11H18F3N3O2. The molecule has 0 spiro atoms. The SMILES string of the molecule is O=C(NCC(F)(F)F)N1CCC(N2CCOCC2)C1. The summed E-state index contributed by atoms with van der Waals surface area (Å²) in [6, 6.07) is -0.395. The molecule has 2 fully saturated rings. The fourth-order valence-corrected chi connectivity index (χ4v) is 2.45. The molecule has 0 aliphatic carbocycles. The molecule has 1 unspecified atom stereocenters. The fourth-order valence-electron chi connectivity index (χ4n) is 2.45. The van der Waals surface area contributed by atoms with Gasteiger partial charge in [0.1, 0.15) is 6.54 Å². The van der Waals surface area contributed by atoms with E-state index in [-0.39, 0.29) is 6.04 Å². The summed E-state index contributed by atoms with van der Waals surface area (Å²) in [5.74, 6) is 0. The Balaban J connectivity index is 1.76. The molecule has 1 atom stereocenters. The molecule has 2 saturated heterocycles. The number of nitrogens with one attached hydrogen (secondary N) is 1. The Morgan fingerprint density at radius 3 is 2.58 bits per heavy atom. The molecule has 2 amide bonds. The van der Waals surface area contributed by atoms with Crippen LogP contribution in [-0.4, -0.2) is 74.0 Å². The van der Waals surface area contributed by atoms with E-state index in [1.54, 1.807) is 0 Å². The molecule has 8 heteroatoms. The zero-order valence-corrected chi connectivity index (χ0v) is 10.6. The Kier molecular flexibility index (Phi) is 4.51. The lowest BCUT2D eigenvalue weighted by Crippen LogP contribution is -2.47. The fraction of sp³-hybridized carbons (Fsp3) is 0.909. The second kappa shape index (κ2) is 5.96. The molecule has 0 aromatic heterocycles. The van der Waals surface area contributed by atoms with Crippen LogP contribution in [0.5, 0.6) is 0 Å². The standard InChI is InChI=1S/C11H18F3N3O2/c12-11(13,14)8-15-10(18)17-2-1-9(7-17)16-3-5-19-6-4-16/h9H,1-8H2,(H,15,18). The molecule has 0 aromatic carbocycles. The number of likely N-dealkylation sites (tertiary alicyclic amines) is 1. The lowest BCUT2D eigenvalue weighted by Gasteiger charge is -2.32. The third-order valence-corrected chi connectivity index (χ3v) is 3.45. The molecule has 110 valence electrons. The predicted octanol–water partition coefficient (Wildman–Crippen LogP) is 0.665. The molecule has 1 N–H and O–H groups in total. The van der Waals surface area contributed by atoms with Crippen molar-refractivity contribution in [3.63, 3.8) is 0 Å². The van der Waals surface area contributed by atoms with Crippen molar-refractivity contribution in [3.8, 4) is 0 Å². The van der Waals surface area contributed by atoms with Crippen LogP contribution in [0.1, 0.15) is 6.42 Å². The smallest absolute Gasteiger partial charge is 0.379 e. The topological polar surface area (TPSA) is 44.8 Å². The van der Waals surface area contributed by atoms with Crippen molar-refractivity contribution >= 4 is 6.03 Å². The molecule has 2 aliphatic heterocycles. The highest BCUT2D eigenvalue weighted by molar-refractivity contribution is 5.74. The Bertz CT molecular complexity index is 319. The van der Waals surface area contributed by atoms with Crippen LogP contribution in [0, 0.1) is 0 Å². The van der Waals surface area contributed by atoms with Crippen LogP contribution in [0.2, 0.25) is 0 Å². The number of amides is 2. The van der Waals surface area contributed by atoms with Crippen molar-refractivity contribution in [2.75, 3.05) is 45.9 Å². The van der Waals surface area contributed by atoms with E-state index in [9.17, 15) is 18.0 Å². The van der Waals surface area contributed by atoms with Gasteiger partial charge in [-0.3, -0.25) is 4.90 Å². The second-order valence-electron chi connectivity index (χ2n) is 4.81. The van der Waals surface area contributed by atoms with Gasteiger partial charge in [-0.2, -0.15) is 13.2 Å². The summed E-state index contributed by atoms with van der Waals surface area (Å²) < 4.78 is 41.3. The number of carbonyl (C=O) groups excluding carboxylic acids is 1. The zero-order valence-electron chi connectivity index (χ0n) is 10.6. The number of nitrogens with zero attached hydrogens (tertiary/aromatic N) is 2. The summed E-state index contributed by atoms with van der Waals surface area (Å²) >= 11 is 0. The summed E-state index contributed by atoms with van der Waals surface area (Å²) in [7, 11) is 0. The van der Waals surface area contributed by atoms with E-state index in [0.717, 1.165) is 19.5 Å². The molecule has 0 saturated carbocycles. The summed E-state index contributed by atoms with van der Waals surface area (Å²) in [6.07, 6.45) is -3.56. The maximum atomic E-state index is 12.0. The molecule has 0 bridgehead atoms. The van der Waals surface area contributed by atoms with Gasteiger partial charge in [0.15, 0.2) is 0 Å². The minimum absolute atomic E-state index is 0.237. The molecule has 19 heavy (non-hydrogen) atoms. The Labute approximate surface area is 109 Å². The van der Waals surface area contributed by atoms with Crippen LogP contribution >= 0.6 is 0 Å². The Morgan fingerprint density at radius 2 is 1.95 bits per heavy atom. The van der Waals surface area contributed by atoms with Gasteiger partial charge < -0.3 is 15.0 Å². The van der Waals surface area contributed by atoms with E-state index in [1.807, 2.05) is 5.32 Å². The first-order valence-electron chi connectivity index (χ1n) is 6.37. The number of ether oxygens (including phenoxy) is 1. The molecule has 2 heterocycles. The van der Waals surface area contributed by atoms with Crippen LogP contribution < -0.4 is 5.32 Å². The first-order valence-corrected chi connectivity index (χ1v) is 6.37. The molecular weight excluding hydrogens is 263 g/mol. The quantitative estimate of drug-likeness (QED) is 0.809. The number of alkyl halides is 3. The van der Waals surface area contributed by atoms with E-state index < -0.39 is 18.8 Å². The Hall–Kier alpha value is -1.02. The van der Waals surface area contributed by atoms with E-state index in [1.165, 1.54) is 4.90 Å². The van der Waals surface area contributed by atoms with Gasteiger partial charge in [-0.15, -0.1) is 0 Å². The van der Waals surface area contributed by atoms with E-state index in [0.29, 0.717) is 26.3 Å². The molecule has 0 aromatic rings. The number of morpholine rings is 1. The third kappa shape index (κ3) is 4.24. The van der Waals surface area contributed by atoms with Crippen molar-refractivity contribution in [2.24, 2.45) is 0 Å². The van der Waals surface area contributed by atoms with Gasteiger partial charge in [-0.25, -0.2) is 4.79 Å². The molecule has 0 radical (unpaired) electrons. The minimum Gasteiger partial charge on any atom is -0.379 e. The summed E-state index contributed by atoms with van der Waals surface area (Å²) in [5, 5.41) is 1.91. The minimum atomic E-state index is -4.36. The van der Waals surface area contributed by atoms with Gasteiger partial charge in [-0.05, 0) is 6.42 Å². The maximum absolute atomic E-state index is 12.0. The number of carbonyl (C=O) groups is 1. The second-order valence-corrected chi connectivity index (χ2v) is 4.81. The molecule has 2 aliphatic rings. The first kappa shape index (κ1) is 14.4. The number of hydrogen-bond donors (Lipinski definition) is 1. The number of halogens is 3. The number of rotatable bonds is 2. The Morgan fingerprint density at radius 1 is 1.26 bits per heavy atom. The highest BCUT2D eigenvalue weighted by atomic mass is 19.4. The van der Waals surface area contributed by atoms with Gasteiger partial charge in [0.2, 0.25) is 0 Å². The van der Waals surface area contributed by atoms with Crippen molar-refractivity contribution in [2.45, 2.75) is 18.6 Å². The lowest BCUT2D eigenvalue weighted by molar-refractivity contribution is -0.123. The first-order chi connectivity index (χ1) is 8.96. The highest BCUT2D eigenvalue weighted by Crippen LogP contribution is 2.17. The van der Waals surface area contributed by atoms with Gasteiger partial charge in [0.25, 0.3) is 0 Å². The van der Waals surface area contributed by atoms with Crippen molar-refractivity contribution in [1.29, 1.82) is 0 Å². The largest absolute Gasteiger partial charge is 0.405 e. The summed E-state index contributed by atoms with van der Waals surface area (Å²) in [5.41, 5.74) is 0. The van der Waals surface area contributed by atoms with Crippen LogP contribution in [0.15, 0.2) is 0 Å². The average Bonchev–Trinajstić information content (AvgIpc) is 2.86. The summed E-state index contributed by atoms with van der Waals surface area (Å²) in [4.78, 5) is 15.3. The highest BCUT2D eigenvalue weighted by Gasteiger charge is 2.33. The van der Waals surface area contributed by atoms with E-state index in [4.69, 9.17) is 4.74 Å².